The van der Waals surface area contributed by atoms with Crippen LogP contribution in [0.1, 0.15) is 28.9 Å². The number of rotatable bonds is 5. The molecule has 0 aliphatic rings. The number of aromatic nitrogens is 1. The van der Waals surface area contributed by atoms with Gasteiger partial charge in [0, 0.05) is 26.9 Å². The molecule has 1 heterocycles. The van der Waals surface area contributed by atoms with E-state index in [9.17, 15) is 9.59 Å². The molecule has 0 radical (unpaired) electrons. The lowest BCUT2D eigenvalue weighted by atomic mass is 10.1. The fraction of sp³-hybridized carbons (Fsp3) is 0.188. The van der Waals surface area contributed by atoms with Crippen molar-refractivity contribution in [1.29, 1.82) is 0 Å². The van der Waals surface area contributed by atoms with E-state index in [2.05, 4.69) is 26.2 Å². The SMILES string of the molecule is CC(NC(=O)COC(=O)c1cncc(Br)c1)c1ccc(Cl)cc1Cl. The van der Waals surface area contributed by atoms with Gasteiger partial charge in [-0.05, 0) is 46.6 Å². The van der Waals surface area contributed by atoms with Crippen molar-refractivity contribution in [2.75, 3.05) is 6.61 Å². The number of nitrogens with one attached hydrogen (secondary N) is 1. The Morgan fingerprint density at radius 2 is 2.04 bits per heavy atom. The van der Waals surface area contributed by atoms with Crippen LogP contribution in [-0.4, -0.2) is 23.5 Å². The Bertz CT molecular complexity index is 771. The zero-order valence-electron chi connectivity index (χ0n) is 12.6. The summed E-state index contributed by atoms with van der Waals surface area (Å²) in [5.41, 5.74) is 0.975. The molecule has 1 N–H and O–H groups in total. The number of carbonyl (C=O) groups is 2. The molecule has 24 heavy (non-hydrogen) atoms. The number of halogens is 3. The first-order valence-corrected chi connectivity index (χ1v) is 8.43. The van der Waals surface area contributed by atoms with E-state index in [4.69, 9.17) is 27.9 Å². The topological polar surface area (TPSA) is 68.3 Å². The van der Waals surface area contributed by atoms with E-state index < -0.39 is 18.5 Å². The summed E-state index contributed by atoms with van der Waals surface area (Å²) >= 11 is 15.2. The molecular weight excluding hydrogens is 419 g/mol. The molecule has 1 aromatic carbocycles. The Hall–Kier alpha value is -1.63. The lowest BCUT2D eigenvalue weighted by Gasteiger charge is -2.16. The lowest BCUT2D eigenvalue weighted by molar-refractivity contribution is -0.124. The van der Waals surface area contributed by atoms with E-state index in [1.807, 2.05) is 0 Å². The largest absolute Gasteiger partial charge is 0.452 e. The quantitative estimate of drug-likeness (QED) is 0.720. The third kappa shape index (κ3) is 5.19. The fourth-order valence-electron chi connectivity index (χ4n) is 1.95. The van der Waals surface area contributed by atoms with Crippen molar-refractivity contribution in [2.24, 2.45) is 0 Å². The maximum absolute atomic E-state index is 11.9. The highest BCUT2D eigenvalue weighted by Gasteiger charge is 2.15. The number of hydrogen-bond acceptors (Lipinski definition) is 4. The van der Waals surface area contributed by atoms with Gasteiger partial charge in [-0.2, -0.15) is 0 Å². The molecule has 0 aliphatic heterocycles. The van der Waals surface area contributed by atoms with Crippen LogP contribution in [0.2, 0.25) is 10.0 Å². The van der Waals surface area contributed by atoms with E-state index in [1.165, 1.54) is 6.20 Å². The van der Waals surface area contributed by atoms with Gasteiger partial charge in [0.1, 0.15) is 0 Å². The van der Waals surface area contributed by atoms with Crippen molar-refractivity contribution >= 4 is 51.0 Å². The van der Waals surface area contributed by atoms with Crippen LogP contribution < -0.4 is 5.32 Å². The van der Waals surface area contributed by atoms with Crippen molar-refractivity contribution in [3.8, 4) is 0 Å². The number of nitrogens with zero attached hydrogens (tertiary/aromatic N) is 1. The Morgan fingerprint density at radius 1 is 1.29 bits per heavy atom. The number of ether oxygens (including phenoxy) is 1. The second-order valence-electron chi connectivity index (χ2n) is 4.92. The van der Waals surface area contributed by atoms with Crippen molar-refractivity contribution in [3.05, 3.63) is 62.3 Å². The van der Waals surface area contributed by atoms with E-state index in [0.29, 0.717) is 14.5 Å². The van der Waals surface area contributed by atoms with Crippen LogP contribution in [0.5, 0.6) is 0 Å². The van der Waals surface area contributed by atoms with Crippen molar-refractivity contribution < 1.29 is 14.3 Å². The number of esters is 1. The Labute approximate surface area is 157 Å². The van der Waals surface area contributed by atoms with Gasteiger partial charge < -0.3 is 10.1 Å². The van der Waals surface area contributed by atoms with Gasteiger partial charge in [-0.1, -0.05) is 29.3 Å². The average Bonchev–Trinajstić information content (AvgIpc) is 2.52. The summed E-state index contributed by atoms with van der Waals surface area (Å²) in [6.45, 7) is 1.37. The predicted molar refractivity (Wildman–Crippen MR) is 95.2 cm³/mol. The molecule has 0 saturated heterocycles. The van der Waals surface area contributed by atoms with Gasteiger partial charge >= 0.3 is 5.97 Å². The van der Waals surface area contributed by atoms with Crippen LogP contribution in [0.25, 0.3) is 0 Å². The molecule has 2 rings (SSSR count). The van der Waals surface area contributed by atoms with Crippen LogP contribution in [0, 0.1) is 0 Å². The molecule has 1 unspecified atom stereocenters. The zero-order chi connectivity index (χ0) is 17.7. The molecule has 8 heteroatoms. The Balaban J connectivity index is 1.90. The minimum absolute atomic E-state index is 0.256. The van der Waals surface area contributed by atoms with Gasteiger partial charge in [0.05, 0.1) is 11.6 Å². The highest BCUT2D eigenvalue weighted by Crippen LogP contribution is 2.26. The molecule has 0 fully saturated rings. The van der Waals surface area contributed by atoms with Crippen molar-refractivity contribution in [3.63, 3.8) is 0 Å². The monoisotopic (exact) mass is 430 g/mol. The van der Waals surface area contributed by atoms with Crippen molar-refractivity contribution in [1.82, 2.24) is 10.3 Å². The number of hydrogen-bond donors (Lipinski definition) is 1. The number of amides is 1. The van der Waals surface area contributed by atoms with Crippen LogP contribution in [0.3, 0.4) is 0 Å². The number of carbonyl (C=O) groups excluding carboxylic acids is 2. The number of benzene rings is 1. The highest BCUT2D eigenvalue weighted by atomic mass is 79.9. The van der Waals surface area contributed by atoms with Crippen LogP contribution >= 0.6 is 39.1 Å². The van der Waals surface area contributed by atoms with Gasteiger partial charge in [0.25, 0.3) is 5.91 Å². The summed E-state index contributed by atoms with van der Waals surface area (Å²) in [4.78, 5) is 27.6. The number of pyridine rings is 1. The Morgan fingerprint density at radius 3 is 2.71 bits per heavy atom. The minimum atomic E-state index is -0.629. The summed E-state index contributed by atoms with van der Waals surface area (Å²) in [5.74, 6) is -1.07. The molecule has 0 aliphatic carbocycles. The summed E-state index contributed by atoms with van der Waals surface area (Å²) in [7, 11) is 0. The Kier molecular flexibility index (Phi) is 6.60. The van der Waals surface area contributed by atoms with Gasteiger partial charge in [-0.25, -0.2) is 4.79 Å². The minimum Gasteiger partial charge on any atom is -0.452 e. The molecular formula is C16H13BrCl2N2O3. The zero-order valence-corrected chi connectivity index (χ0v) is 15.7. The summed E-state index contributed by atoms with van der Waals surface area (Å²) in [5, 5.41) is 3.67. The highest BCUT2D eigenvalue weighted by molar-refractivity contribution is 9.10. The molecule has 1 aromatic heterocycles. The van der Waals surface area contributed by atoms with Gasteiger partial charge in [-0.3, -0.25) is 9.78 Å². The second-order valence-corrected chi connectivity index (χ2v) is 6.68. The molecule has 0 bridgehead atoms. The molecule has 0 saturated carbocycles. The van der Waals surface area contributed by atoms with E-state index in [0.717, 1.165) is 5.56 Å². The van der Waals surface area contributed by atoms with E-state index in [1.54, 1.807) is 37.4 Å². The van der Waals surface area contributed by atoms with E-state index >= 15 is 0 Å². The molecule has 5 nitrogen and oxygen atoms in total. The molecule has 0 spiro atoms. The van der Waals surface area contributed by atoms with Crippen LogP contribution in [-0.2, 0) is 9.53 Å². The van der Waals surface area contributed by atoms with Crippen LogP contribution in [0.15, 0.2) is 41.1 Å². The molecule has 126 valence electrons. The summed E-state index contributed by atoms with van der Waals surface area (Å²) in [6.07, 6.45) is 2.90. The van der Waals surface area contributed by atoms with Crippen molar-refractivity contribution in [2.45, 2.75) is 13.0 Å². The van der Waals surface area contributed by atoms with E-state index in [-0.39, 0.29) is 11.6 Å². The van der Waals surface area contributed by atoms with Gasteiger partial charge in [-0.15, -0.1) is 0 Å². The molecule has 1 atom stereocenters. The first kappa shape index (κ1) is 18.7. The normalized spacial score (nSPS) is 11.7. The standard InChI is InChI=1S/C16H13BrCl2N2O3/c1-9(13-3-2-12(18)5-14(13)19)21-15(22)8-24-16(23)10-4-11(17)7-20-6-10/h2-7,9H,8H2,1H3,(H,21,22). The smallest absolute Gasteiger partial charge is 0.340 e. The summed E-state index contributed by atoms with van der Waals surface area (Å²) in [6, 6.07) is 6.22. The third-order valence-electron chi connectivity index (χ3n) is 3.08. The lowest BCUT2D eigenvalue weighted by Crippen LogP contribution is -2.31. The van der Waals surface area contributed by atoms with Gasteiger partial charge in [0.15, 0.2) is 6.61 Å². The fourth-order valence-corrected chi connectivity index (χ4v) is 2.89. The molecule has 2 aromatic rings. The second kappa shape index (κ2) is 8.46. The van der Waals surface area contributed by atoms with Gasteiger partial charge in [0.2, 0.25) is 0 Å². The average molecular weight is 432 g/mol. The first-order chi connectivity index (χ1) is 11.4. The first-order valence-electron chi connectivity index (χ1n) is 6.89. The maximum atomic E-state index is 11.9. The third-order valence-corrected chi connectivity index (χ3v) is 4.08. The molecule has 1 amide bonds. The summed E-state index contributed by atoms with van der Waals surface area (Å²) < 4.78 is 5.61. The predicted octanol–water partition coefficient (Wildman–Crippen LogP) is 4.19. The maximum Gasteiger partial charge on any atom is 0.340 e. The van der Waals surface area contributed by atoms with Crippen LogP contribution in [0.4, 0.5) is 0 Å².